The van der Waals surface area contributed by atoms with Crippen molar-refractivity contribution < 1.29 is 4.74 Å². The molecule has 1 aromatic heterocycles. The zero-order chi connectivity index (χ0) is 16.7. The molecule has 2 aromatic carbocycles. The Morgan fingerprint density at radius 3 is 2.67 bits per heavy atom. The third-order valence-electron chi connectivity index (χ3n) is 4.08. The molecule has 2 heterocycles. The second-order valence-electron chi connectivity index (χ2n) is 6.62. The van der Waals surface area contributed by atoms with Gasteiger partial charge in [-0.3, -0.25) is 4.98 Å². The molecule has 3 nitrogen and oxygen atoms in total. The number of aliphatic imine (C=N–C) groups is 1. The molecule has 0 fully saturated rings. The fourth-order valence-corrected chi connectivity index (χ4v) is 3.05. The Labute approximate surface area is 146 Å². The Hall–Kier alpha value is -2.39. The molecule has 4 heteroatoms. The van der Waals surface area contributed by atoms with E-state index < -0.39 is 0 Å². The molecule has 0 amide bonds. The number of fused-ring (bicyclic) bond motifs is 1. The molecule has 0 atom stereocenters. The molecule has 4 rings (SSSR count). The van der Waals surface area contributed by atoms with Crippen molar-refractivity contribution >= 4 is 28.4 Å². The molecule has 120 valence electrons. The summed E-state index contributed by atoms with van der Waals surface area (Å²) in [5.41, 5.74) is 3.70. The second-order valence-corrected chi connectivity index (χ2v) is 7.06. The third kappa shape index (κ3) is 2.76. The lowest BCUT2D eigenvalue weighted by atomic mass is 9.99. The lowest BCUT2D eigenvalue weighted by Gasteiger charge is -2.11. The van der Waals surface area contributed by atoms with Crippen molar-refractivity contribution in [2.45, 2.75) is 19.4 Å². The maximum Gasteiger partial charge on any atom is 0.217 e. The molecule has 0 unspecified atom stereocenters. The first-order chi connectivity index (χ1) is 11.5. The zero-order valence-electron chi connectivity index (χ0n) is 13.6. The van der Waals surface area contributed by atoms with Gasteiger partial charge in [-0.2, -0.15) is 0 Å². The summed E-state index contributed by atoms with van der Waals surface area (Å²) in [6, 6.07) is 16.0. The van der Waals surface area contributed by atoms with Gasteiger partial charge in [-0.15, -0.1) is 0 Å². The summed E-state index contributed by atoms with van der Waals surface area (Å²) in [5, 5.41) is 1.77. The van der Waals surface area contributed by atoms with E-state index in [4.69, 9.17) is 21.3 Å². The van der Waals surface area contributed by atoms with Crippen LogP contribution < -0.4 is 0 Å². The van der Waals surface area contributed by atoms with Crippen molar-refractivity contribution in [2.24, 2.45) is 4.99 Å². The summed E-state index contributed by atoms with van der Waals surface area (Å²) in [6.45, 7) is 4.71. The van der Waals surface area contributed by atoms with E-state index in [1.807, 2.05) is 42.6 Å². The van der Waals surface area contributed by atoms with E-state index in [1.54, 1.807) is 0 Å². The first-order valence-corrected chi connectivity index (χ1v) is 8.27. The van der Waals surface area contributed by atoms with E-state index >= 15 is 0 Å². The third-order valence-corrected chi connectivity index (χ3v) is 4.31. The highest BCUT2D eigenvalue weighted by Gasteiger charge is 2.28. The van der Waals surface area contributed by atoms with Crippen LogP contribution in [-0.4, -0.2) is 23.0 Å². The van der Waals surface area contributed by atoms with Crippen LogP contribution in [0.15, 0.2) is 59.7 Å². The Morgan fingerprint density at radius 1 is 1.04 bits per heavy atom. The van der Waals surface area contributed by atoms with Crippen molar-refractivity contribution in [2.75, 3.05) is 6.61 Å². The van der Waals surface area contributed by atoms with Crippen molar-refractivity contribution in [1.82, 2.24) is 4.98 Å². The maximum absolute atomic E-state index is 6.25. The van der Waals surface area contributed by atoms with Crippen LogP contribution >= 0.6 is 11.6 Å². The topological polar surface area (TPSA) is 34.5 Å². The predicted octanol–water partition coefficient (Wildman–Crippen LogP) is 5.11. The lowest BCUT2D eigenvalue weighted by molar-refractivity contribution is 0.279. The normalized spacial score (nSPS) is 16.0. The number of benzene rings is 2. The number of pyridine rings is 1. The van der Waals surface area contributed by atoms with Gasteiger partial charge in [0.15, 0.2) is 0 Å². The van der Waals surface area contributed by atoms with Gasteiger partial charge in [0, 0.05) is 27.7 Å². The van der Waals surface area contributed by atoms with E-state index in [1.165, 1.54) is 0 Å². The first kappa shape index (κ1) is 15.2. The molecule has 1 aliphatic heterocycles. The van der Waals surface area contributed by atoms with Gasteiger partial charge in [-0.25, -0.2) is 4.99 Å². The summed E-state index contributed by atoms with van der Waals surface area (Å²) < 4.78 is 5.83. The number of halogens is 1. The summed E-state index contributed by atoms with van der Waals surface area (Å²) in [5.74, 6) is 0.667. The van der Waals surface area contributed by atoms with Gasteiger partial charge in [0.05, 0.1) is 11.1 Å². The average Bonchev–Trinajstić information content (AvgIpc) is 2.94. The van der Waals surface area contributed by atoms with E-state index in [2.05, 4.69) is 31.0 Å². The number of para-hydroxylation sites is 1. The number of ether oxygens (including phenoxy) is 1. The van der Waals surface area contributed by atoms with E-state index in [0.29, 0.717) is 17.5 Å². The Kier molecular flexibility index (Phi) is 3.54. The van der Waals surface area contributed by atoms with Crippen molar-refractivity contribution in [3.63, 3.8) is 0 Å². The molecule has 0 bridgehead atoms. The predicted molar refractivity (Wildman–Crippen MR) is 98.8 cm³/mol. The average molecular weight is 337 g/mol. The van der Waals surface area contributed by atoms with Crippen LogP contribution in [0, 0.1) is 0 Å². The highest BCUT2D eigenvalue weighted by Crippen LogP contribution is 2.31. The molecule has 24 heavy (non-hydrogen) atoms. The summed E-state index contributed by atoms with van der Waals surface area (Å²) in [7, 11) is 0. The first-order valence-electron chi connectivity index (χ1n) is 7.90. The molecule has 0 radical (unpaired) electrons. The Balaban J connectivity index is 1.89. The van der Waals surface area contributed by atoms with Crippen molar-refractivity contribution in [3.05, 3.63) is 65.3 Å². The summed E-state index contributed by atoms with van der Waals surface area (Å²) >= 11 is 6.25. The van der Waals surface area contributed by atoms with E-state index in [0.717, 1.165) is 27.6 Å². The van der Waals surface area contributed by atoms with Crippen LogP contribution in [0.5, 0.6) is 0 Å². The molecule has 0 N–H and O–H groups in total. The van der Waals surface area contributed by atoms with Gasteiger partial charge < -0.3 is 4.74 Å². The molecule has 0 saturated heterocycles. The fourth-order valence-electron chi connectivity index (χ4n) is 2.88. The van der Waals surface area contributed by atoms with Gasteiger partial charge in [-0.05, 0) is 49.7 Å². The van der Waals surface area contributed by atoms with Crippen LogP contribution in [0.25, 0.3) is 22.0 Å². The summed E-state index contributed by atoms with van der Waals surface area (Å²) in [6.07, 6.45) is 1.87. The number of nitrogens with zero attached hydrogens (tertiary/aromatic N) is 2. The molecular weight excluding hydrogens is 320 g/mol. The second kappa shape index (κ2) is 5.60. The van der Waals surface area contributed by atoms with Crippen molar-refractivity contribution in [3.8, 4) is 11.1 Å². The van der Waals surface area contributed by atoms with Crippen LogP contribution in [0.3, 0.4) is 0 Å². The molecule has 0 saturated carbocycles. The van der Waals surface area contributed by atoms with Gasteiger partial charge >= 0.3 is 0 Å². The summed E-state index contributed by atoms with van der Waals surface area (Å²) in [4.78, 5) is 9.26. The van der Waals surface area contributed by atoms with Gasteiger partial charge in [0.2, 0.25) is 5.90 Å². The minimum Gasteiger partial charge on any atom is -0.475 e. The molecular formula is C20H17ClN2O. The minimum absolute atomic E-state index is 0.201. The fraction of sp³-hybridized carbons (Fsp3) is 0.200. The van der Waals surface area contributed by atoms with E-state index in [-0.39, 0.29) is 5.54 Å². The van der Waals surface area contributed by atoms with Crippen LogP contribution in [0.1, 0.15) is 19.4 Å². The zero-order valence-corrected chi connectivity index (χ0v) is 14.3. The monoisotopic (exact) mass is 336 g/mol. The largest absolute Gasteiger partial charge is 0.475 e. The Bertz CT molecular complexity index is 963. The number of aromatic nitrogens is 1. The molecule has 0 spiro atoms. The van der Waals surface area contributed by atoms with E-state index in [9.17, 15) is 0 Å². The Morgan fingerprint density at radius 2 is 1.88 bits per heavy atom. The molecule has 0 aliphatic carbocycles. The number of hydrogen-bond acceptors (Lipinski definition) is 3. The highest BCUT2D eigenvalue weighted by molar-refractivity contribution is 6.31. The van der Waals surface area contributed by atoms with Crippen LogP contribution in [0.4, 0.5) is 0 Å². The smallest absolute Gasteiger partial charge is 0.217 e. The minimum atomic E-state index is -0.201. The molecule has 3 aromatic rings. The van der Waals surface area contributed by atoms with Gasteiger partial charge in [0.1, 0.15) is 6.61 Å². The van der Waals surface area contributed by atoms with Crippen LogP contribution in [-0.2, 0) is 4.74 Å². The van der Waals surface area contributed by atoms with Crippen LogP contribution in [0.2, 0.25) is 5.02 Å². The molecule has 1 aliphatic rings. The van der Waals surface area contributed by atoms with Gasteiger partial charge in [0.25, 0.3) is 0 Å². The lowest BCUT2D eigenvalue weighted by Crippen LogP contribution is -2.17. The number of rotatable bonds is 2. The van der Waals surface area contributed by atoms with Gasteiger partial charge in [-0.1, -0.05) is 29.8 Å². The maximum atomic E-state index is 6.25. The SMILES string of the molecule is CC1(C)COC(c2ccc(Cl)cc2-c2cnc3ccccc3c2)=N1. The standard InChI is InChI=1S/C20H17ClN2O/c1-20(2)12-24-19(23-20)16-8-7-15(21)10-17(16)14-9-13-5-3-4-6-18(13)22-11-14/h3-11H,12H2,1-2H3. The van der Waals surface area contributed by atoms with Crippen molar-refractivity contribution in [1.29, 1.82) is 0 Å². The quantitative estimate of drug-likeness (QED) is 0.651. The highest BCUT2D eigenvalue weighted by atomic mass is 35.5. The number of hydrogen-bond donors (Lipinski definition) is 0.